The average molecular weight is 231 g/mol. The summed E-state index contributed by atoms with van der Waals surface area (Å²) in [5.74, 6) is -0.432. The molecule has 0 aliphatic carbocycles. The molecule has 1 heterocycles. The van der Waals surface area contributed by atoms with Gasteiger partial charge in [-0.15, -0.1) is 0 Å². The second-order valence-electron chi connectivity index (χ2n) is 3.75. The molecule has 17 heavy (non-hydrogen) atoms. The Morgan fingerprint density at radius 1 is 1.47 bits per heavy atom. The third-order valence-corrected chi connectivity index (χ3v) is 2.60. The number of fused-ring (bicyclic) bond motifs is 1. The van der Waals surface area contributed by atoms with E-state index >= 15 is 0 Å². The van der Waals surface area contributed by atoms with E-state index in [0.717, 1.165) is 10.9 Å². The maximum Gasteiger partial charge on any atom is 0.308 e. The Labute approximate surface area is 98.9 Å². The second kappa shape index (κ2) is 4.93. The van der Waals surface area contributed by atoms with Crippen molar-refractivity contribution in [1.29, 1.82) is 0 Å². The zero-order valence-electron chi connectivity index (χ0n) is 9.46. The summed E-state index contributed by atoms with van der Waals surface area (Å²) in [6.07, 6.45) is 0.794. The van der Waals surface area contributed by atoms with Crippen molar-refractivity contribution in [2.45, 2.75) is 12.5 Å². The first kappa shape index (κ1) is 11.5. The van der Waals surface area contributed by atoms with Crippen molar-refractivity contribution < 1.29 is 14.6 Å². The lowest BCUT2D eigenvalue weighted by Crippen LogP contribution is -2.08. The summed E-state index contributed by atoms with van der Waals surface area (Å²) in [6, 6.07) is 9.24. The van der Waals surface area contributed by atoms with E-state index in [1.54, 1.807) is 18.3 Å². The van der Waals surface area contributed by atoms with E-state index in [-0.39, 0.29) is 6.42 Å². The van der Waals surface area contributed by atoms with Crippen LogP contribution >= 0.6 is 0 Å². The molecular weight excluding hydrogens is 218 g/mol. The van der Waals surface area contributed by atoms with E-state index in [9.17, 15) is 9.90 Å². The summed E-state index contributed by atoms with van der Waals surface area (Å²) >= 11 is 0. The maximum absolute atomic E-state index is 11.1. The van der Waals surface area contributed by atoms with Crippen molar-refractivity contribution in [3.05, 3.63) is 42.1 Å². The van der Waals surface area contributed by atoms with E-state index in [0.29, 0.717) is 5.56 Å². The van der Waals surface area contributed by atoms with Gasteiger partial charge in [0.2, 0.25) is 0 Å². The monoisotopic (exact) mass is 231 g/mol. The number of pyridine rings is 1. The molecule has 0 radical (unpaired) electrons. The van der Waals surface area contributed by atoms with Crippen LogP contribution < -0.4 is 0 Å². The molecule has 4 nitrogen and oxygen atoms in total. The van der Waals surface area contributed by atoms with Gasteiger partial charge in [-0.25, -0.2) is 0 Å². The van der Waals surface area contributed by atoms with Gasteiger partial charge in [-0.3, -0.25) is 9.78 Å². The molecule has 0 aliphatic heterocycles. The maximum atomic E-state index is 11.1. The summed E-state index contributed by atoms with van der Waals surface area (Å²) < 4.78 is 4.52. The molecule has 1 N–H and O–H groups in total. The molecule has 0 bridgehead atoms. The lowest BCUT2D eigenvalue weighted by atomic mass is 10.0. The van der Waals surface area contributed by atoms with E-state index in [1.807, 2.05) is 18.2 Å². The summed E-state index contributed by atoms with van der Waals surface area (Å²) in [7, 11) is 1.30. The van der Waals surface area contributed by atoms with Gasteiger partial charge in [0.25, 0.3) is 0 Å². The number of aliphatic hydroxyl groups excluding tert-OH is 1. The number of hydrogen-bond acceptors (Lipinski definition) is 4. The molecule has 0 fully saturated rings. The molecule has 1 atom stereocenters. The second-order valence-corrected chi connectivity index (χ2v) is 3.75. The normalized spacial score (nSPS) is 12.4. The number of aromatic nitrogens is 1. The van der Waals surface area contributed by atoms with Gasteiger partial charge in [-0.1, -0.05) is 18.2 Å². The van der Waals surface area contributed by atoms with Gasteiger partial charge in [-0.2, -0.15) is 0 Å². The third kappa shape index (κ3) is 2.60. The van der Waals surface area contributed by atoms with E-state index in [2.05, 4.69) is 9.72 Å². The minimum atomic E-state index is -0.853. The predicted octanol–water partition coefficient (Wildman–Crippen LogP) is 1.83. The van der Waals surface area contributed by atoms with Crippen molar-refractivity contribution in [1.82, 2.24) is 4.98 Å². The van der Waals surface area contributed by atoms with Gasteiger partial charge >= 0.3 is 5.97 Å². The summed E-state index contributed by atoms with van der Waals surface area (Å²) in [5.41, 5.74) is 1.47. The number of esters is 1. The summed E-state index contributed by atoms with van der Waals surface area (Å²) in [4.78, 5) is 15.3. The fourth-order valence-corrected chi connectivity index (χ4v) is 1.65. The SMILES string of the molecule is COC(=O)C[C@@H](O)c1ccc2cccnc2c1. The Morgan fingerprint density at radius 2 is 2.29 bits per heavy atom. The largest absolute Gasteiger partial charge is 0.469 e. The molecule has 0 saturated carbocycles. The molecule has 0 aliphatic rings. The molecule has 0 unspecified atom stereocenters. The molecule has 4 heteroatoms. The Morgan fingerprint density at radius 3 is 3.06 bits per heavy atom. The lowest BCUT2D eigenvalue weighted by Gasteiger charge is -2.10. The number of rotatable bonds is 3. The average Bonchev–Trinajstić information content (AvgIpc) is 2.38. The number of ether oxygens (including phenoxy) is 1. The Hall–Kier alpha value is -1.94. The number of carbonyl (C=O) groups is 1. The number of carbonyl (C=O) groups excluding carboxylic acids is 1. The van der Waals surface area contributed by atoms with Gasteiger partial charge in [0, 0.05) is 11.6 Å². The number of benzene rings is 1. The van der Waals surface area contributed by atoms with Crippen LogP contribution in [0.15, 0.2) is 36.5 Å². The smallest absolute Gasteiger partial charge is 0.308 e. The molecule has 0 spiro atoms. The standard InChI is InChI=1S/C13H13NO3/c1-17-13(16)8-12(15)10-5-4-9-3-2-6-14-11(9)7-10/h2-7,12,15H,8H2,1H3/t12-/m1/s1. The molecule has 2 aromatic rings. The minimum absolute atomic E-state index is 0.0468. The third-order valence-electron chi connectivity index (χ3n) is 2.60. The highest BCUT2D eigenvalue weighted by molar-refractivity contribution is 5.79. The first-order chi connectivity index (χ1) is 8.20. The van der Waals surface area contributed by atoms with Crippen molar-refractivity contribution in [3.8, 4) is 0 Å². The topological polar surface area (TPSA) is 59.4 Å². The predicted molar refractivity (Wildman–Crippen MR) is 63.3 cm³/mol. The Balaban J connectivity index is 2.26. The first-order valence-corrected chi connectivity index (χ1v) is 5.30. The fourth-order valence-electron chi connectivity index (χ4n) is 1.65. The van der Waals surface area contributed by atoms with E-state index in [4.69, 9.17) is 0 Å². The fraction of sp³-hybridized carbons (Fsp3) is 0.231. The molecule has 88 valence electrons. The summed E-state index contributed by atoms with van der Waals surface area (Å²) in [6.45, 7) is 0. The lowest BCUT2D eigenvalue weighted by molar-refractivity contribution is -0.142. The number of aliphatic hydroxyl groups is 1. The number of methoxy groups -OCH3 is 1. The molecule has 0 amide bonds. The van der Waals surface area contributed by atoms with E-state index in [1.165, 1.54) is 7.11 Å². The van der Waals surface area contributed by atoms with Crippen molar-refractivity contribution in [3.63, 3.8) is 0 Å². The molecule has 0 saturated heterocycles. The van der Waals surface area contributed by atoms with Gasteiger partial charge < -0.3 is 9.84 Å². The first-order valence-electron chi connectivity index (χ1n) is 5.30. The van der Waals surface area contributed by atoms with Gasteiger partial charge in [0.15, 0.2) is 0 Å². The van der Waals surface area contributed by atoms with Gasteiger partial charge in [0.1, 0.15) is 0 Å². The minimum Gasteiger partial charge on any atom is -0.469 e. The highest BCUT2D eigenvalue weighted by atomic mass is 16.5. The van der Waals surface area contributed by atoms with Crippen molar-refractivity contribution in [2.75, 3.05) is 7.11 Å². The highest BCUT2D eigenvalue weighted by Gasteiger charge is 2.13. The van der Waals surface area contributed by atoms with Crippen LogP contribution in [0, 0.1) is 0 Å². The van der Waals surface area contributed by atoms with Crippen LogP contribution in [0.25, 0.3) is 10.9 Å². The van der Waals surface area contributed by atoms with Crippen molar-refractivity contribution in [2.24, 2.45) is 0 Å². The molecule has 1 aromatic heterocycles. The van der Waals surface area contributed by atoms with Crippen molar-refractivity contribution >= 4 is 16.9 Å². The molecule has 1 aromatic carbocycles. The zero-order valence-corrected chi connectivity index (χ0v) is 9.46. The van der Waals surface area contributed by atoms with Crippen LogP contribution in [0.1, 0.15) is 18.1 Å². The van der Waals surface area contributed by atoms with Crippen LogP contribution in [0.2, 0.25) is 0 Å². The quantitative estimate of drug-likeness (QED) is 0.819. The van der Waals surface area contributed by atoms with Crippen LogP contribution in [0.3, 0.4) is 0 Å². The van der Waals surface area contributed by atoms with Crippen LogP contribution in [-0.2, 0) is 9.53 Å². The van der Waals surface area contributed by atoms with Crippen LogP contribution in [0.5, 0.6) is 0 Å². The molecular formula is C13H13NO3. The Kier molecular flexibility index (Phi) is 3.35. The number of hydrogen-bond donors (Lipinski definition) is 1. The van der Waals surface area contributed by atoms with Gasteiger partial charge in [-0.05, 0) is 17.7 Å². The Bertz CT molecular complexity index is 539. The summed E-state index contributed by atoms with van der Waals surface area (Å²) in [5, 5.41) is 10.9. The number of nitrogens with zero attached hydrogens (tertiary/aromatic N) is 1. The highest BCUT2D eigenvalue weighted by Crippen LogP contribution is 2.21. The van der Waals surface area contributed by atoms with Gasteiger partial charge in [0.05, 0.1) is 25.2 Å². The van der Waals surface area contributed by atoms with E-state index < -0.39 is 12.1 Å². The molecule has 2 rings (SSSR count). The van der Waals surface area contributed by atoms with Crippen LogP contribution in [-0.4, -0.2) is 23.2 Å². The van der Waals surface area contributed by atoms with Crippen LogP contribution in [0.4, 0.5) is 0 Å². The zero-order chi connectivity index (χ0) is 12.3.